The van der Waals surface area contributed by atoms with Crippen LogP contribution < -0.4 is 0 Å². The average molecular weight is 377 g/mol. The highest BCUT2D eigenvalue weighted by atomic mass is 16.3. The lowest BCUT2D eigenvalue weighted by Crippen LogP contribution is -2.56. The van der Waals surface area contributed by atoms with E-state index in [-0.39, 0.29) is 5.60 Å². The molecule has 0 bridgehead atoms. The van der Waals surface area contributed by atoms with Crippen molar-refractivity contribution < 1.29 is 10.2 Å². The van der Waals surface area contributed by atoms with E-state index < -0.39 is 0 Å². The standard InChI is InChI=1S/C25H44O2/c1-6-25(27)12-11-23(4)18(14-25)7-8-19-20(23)9-10-24(5)21(17(3)15-26)13-16(2)22(19)24/h16-22,26-27H,6-15H2,1-5H3/t16-,17+,18-,19+,20-,21+,22-,23-,24+,25-/m0/s1. The molecular weight excluding hydrogens is 332 g/mol. The van der Waals surface area contributed by atoms with Crippen LogP contribution in [0.1, 0.15) is 92.4 Å². The van der Waals surface area contributed by atoms with Crippen molar-refractivity contribution in [1.29, 1.82) is 0 Å². The van der Waals surface area contributed by atoms with Crippen molar-refractivity contribution in [2.45, 2.75) is 98.0 Å². The molecule has 10 atom stereocenters. The summed E-state index contributed by atoms with van der Waals surface area (Å²) < 4.78 is 0. The smallest absolute Gasteiger partial charge is 0.0648 e. The molecule has 4 aliphatic rings. The van der Waals surface area contributed by atoms with E-state index in [9.17, 15) is 10.2 Å². The van der Waals surface area contributed by atoms with Gasteiger partial charge in [-0.05, 0) is 110 Å². The Morgan fingerprint density at radius 1 is 1.04 bits per heavy atom. The molecule has 156 valence electrons. The van der Waals surface area contributed by atoms with Crippen LogP contribution in [-0.2, 0) is 0 Å². The first-order chi connectivity index (χ1) is 12.7. The summed E-state index contributed by atoms with van der Waals surface area (Å²) in [6.45, 7) is 12.5. The summed E-state index contributed by atoms with van der Waals surface area (Å²) in [5, 5.41) is 20.8. The first-order valence-electron chi connectivity index (χ1n) is 12.0. The van der Waals surface area contributed by atoms with Gasteiger partial charge in [-0.1, -0.05) is 34.6 Å². The summed E-state index contributed by atoms with van der Waals surface area (Å²) in [6.07, 6.45) is 11.0. The number of hydrogen-bond donors (Lipinski definition) is 2. The molecule has 4 saturated carbocycles. The van der Waals surface area contributed by atoms with Crippen LogP contribution in [0.2, 0.25) is 0 Å². The van der Waals surface area contributed by atoms with Crippen molar-refractivity contribution in [1.82, 2.24) is 0 Å². The zero-order chi connectivity index (χ0) is 19.6. The number of aliphatic hydroxyl groups is 2. The molecule has 2 heteroatoms. The Morgan fingerprint density at radius 2 is 1.78 bits per heavy atom. The Balaban J connectivity index is 1.61. The fourth-order valence-corrected chi connectivity index (χ4v) is 9.25. The molecule has 0 heterocycles. The molecule has 27 heavy (non-hydrogen) atoms. The van der Waals surface area contributed by atoms with Crippen molar-refractivity contribution in [3.63, 3.8) is 0 Å². The Bertz CT molecular complexity index is 561. The molecule has 4 rings (SSSR count). The van der Waals surface area contributed by atoms with E-state index in [1.165, 1.54) is 38.5 Å². The quantitative estimate of drug-likeness (QED) is 0.667. The maximum Gasteiger partial charge on any atom is 0.0648 e. The zero-order valence-corrected chi connectivity index (χ0v) is 18.5. The van der Waals surface area contributed by atoms with Crippen molar-refractivity contribution >= 4 is 0 Å². The lowest BCUT2D eigenvalue weighted by molar-refractivity contribution is -0.156. The van der Waals surface area contributed by atoms with Gasteiger partial charge in [0.2, 0.25) is 0 Å². The molecule has 0 aromatic carbocycles. The molecule has 0 spiro atoms. The molecule has 0 radical (unpaired) electrons. The largest absolute Gasteiger partial charge is 0.396 e. The van der Waals surface area contributed by atoms with Gasteiger partial charge >= 0.3 is 0 Å². The van der Waals surface area contributed by atoms with Crippen LogP contribution >= 0.6 is 0 Å². The van der Waals surface area contributed by atoms with Crippen molar-refractivity contribution in [2.24, 2.45) is 52.3 Å². The molecule has 0 aliphatic heterocycles. The van der Waals surface area contributed by atoms with Crippen LogP contribution in [0.25, 0.3) is 0 Å². The van der Waals surface area contributed by atoms with Gasteiger partial charge in [0.25, 0.3) is 0 Å². The van der Waals surface area contributed by atoms with Gasteiger partial charge in [0, 0.05) is 6.61 Å². The highest BCUT2D eigenvalue weighted by Gasteiger charge is 2.63. The van der Waals surface area contributed by atoms with Gasteiger partial charge in [-0.3, -0.25) is 0 Å². The Morgan fingerprint density at radius 3 is 2.44 bits per heavy atom. The number of fused-ring (bicyclic) bond motifs is 5. The molecular formula is C25H44O2. The van der Waals surface area contributed by atoms with Gasteiger partial charge in [0.05, 0.1) is 5.60 Å². The molecule has 0 aromatic heterocycles. The second kappa shape index (κ2) is 6.73. The van der Waals surface area contributed by atoms with Gasteiger partial charge in [0.15, 0.2) is 0 Å². The third kappa shape index (κ3) is 2.87. The van der Waals surface area contributed by atoms with Crippen molar-refractivity contribution in [3.8, 4) is 0 Å². The molecule has 0 amide bonds. The normalized spacial score (nSPS) is 56.1. The summed E-state index contributed by atoms with van der Waals surface area (Å²) in [5.41, 5.74) is 0.499. The van der Waals surface area contributed by atoms with E-state index in [0.717, 1.165) is 48.9 Å². The van der Waals surface area contributed by atoms with Crippen LogP contribution in [0.3, 0.4) is 0 Å². The molecule has 0 unspecified atom stereocenters. The minimum Gasteiger partial charge on any atom is -0.396 e. The topological polar surface area (TPSA) is 40.5 Å². The summed E-state index contributed by atoms with van der Waals surface area (Å²) in [4.78, 5) is 0. The second-order valence-electron chi connectivity index (χ2n) is 11.9. The van der Waals surface area contributed by atoms with E-state index in [4.69, 9.17) is 0 Å². The van der Waals surface area contributed by atoms with Crippen LogP contribution in [0, 0.1) is 52.3 Å². The molecule has 4 aliphatic carbocycles. The SMILES string of the molecule is CC[C@]1(O)CC[C@@]2(C)[C@@H](CC[C@H]3[C@@H]4[C@@H](C)C[C@H]([C@H](C)CO)[C@@]4(C)CC[C@@H]32)C1. The monoisotopic (exact) mass is 376 g/mol. The van der Waals surface area contributed by atoms with Gasteiger partial charge in [0.1, 0.15) is 0 Å². The maximum atomic E-state index is 11.0. The number of aliphatic hydroxyl groups excluding tert-OH is 1. The highest BCUT2D eigenvalue weighted by molar-refractivity contribution is 5.12. The van der Waals surface area contributed by atoms with E-state index in [2.05, 4.69) is 34.6 Å². The molecule has 0 saturated heterocycles. The first-order valence-corrected chi connectivity index (χ1v) is 12.0. The summed E-state index contributed by atoms with van der Waals surface area (Å²) >= 11 is 0. The van der Waals surface area contributed by atoms with Crippen LogP contribution in [0.15, 0.2) is 0 Å². The maximum absolute atomic E-state index is 11.0. The van der Waals surface area contributed by atoms with Gasteiger partial charge in [-0.25, -0.2) is 0 Å². The van der Waals surface area contributed by atoms with Gasteiger partial charge in [-0.2, -0.15) is 0 Å². The average Bonchev–Trinajstić information content (AvgIpc) is 2.93. The van der Waals surface area contributed by atoms with E-state index in [1.54, 1.807) is 0 Å². The fraction of sp³-hybridized carbons (Fsp3) is 1.00. The van der Waals surface area contributed by atoms with E-state index >= 15 is 0 Å². The molecule has 0 aromatic rings. The minimum atomic E-state index is -0.386. The predicted octanol–water partition coefficient (Wildman–Crippen LogP) is 5.66. The Kier molecular flexibility index (Phi) is 5.03. The van der Waals surface area contributed by atoms with Crippen LogP contribution in [0.4, 0.5) is 0 Å². The zero-order valence-electron chi connectivity index (χ0n) is 18.5. The van der Waals surface area contributed by atoms with Crippen molar-refractivity contribution in [3.05, 3.63) is 0 Å². The number of rotatable bonds is 3. The van der Waals surface area contributed by atoms with E-state index in [1.807, 2.05) is 0 Å². The first kappa shape index (κ1) is 20.2. The second-order valence-corrected chi connectivity index (χ2v) is 11.9. The van der Waals surface area contributed by atoms with E-state index in [0.29, 0.717) is 29.3 Å². The molecule has 4 fully saturated rings. The minimum absolute atomic E-state index is 0.350. The van der Waals surface area contributed by atoms with Crippen LogP contribution in [0.5, 0.6) is 0 Å². The Labute approximate surface area is 167 Å². The predicted molar refractivity (Wildman–Crippen MR) is 111 cm³/mol. The van der Waals surface area contributed by atoms with Crippen molar-refractivity contribution in [2.75, 3.05) is 6.61 Å². The summed E-state index contributed by atoms with van der Waals surface area (Å²) in [7, 11) is 0. The lowest BCUT2D eigenvalue weighted by atomic mass is 9.43. The number of hydrogen-bond acceptors (Lipinski definition) is 2. The highest BCUT2D eigenvalue weighted by Crippen LogP contribution is 2.69. The third-order valence-corrected chi connectivity index (χ3v) is 10.8. The lowest BCUT2D eigenvalue weighted by Gasteiger charge is -2.62. The van der Waals surface area contributed by atoms with Crippen LogP contribution in [-0.4, -0.2) is 22.4 Å². The fourth-order valence-electron chi connectivity index (χ4n) is 9.25. The molecule has 2 N–H and O–H groups in total. The van der Waals surface area contributed by atoms with Gasteiger partial charge in [-0.15, -0.1) is 0 Å². The third-order valence-electron chi connectivity index (χ3n) is 10.8. The molecule has 2 nitrogen and oxygen atoms in total. The summed E-state index contributed by atoms with van der Waals surface area (Å²) in [6, 6.07) is 0. The summed E-state index contributed by atoms with van der Waals surface area (Å²) in [5.74, 6) is 5.26. The Hall–Kier alpha value is -0.0800. The van der Waals surface area contributed by atoms with Gasteiger partial charge < -0.3 is 10.2 Å².